The summed E-state index contributed by atoms with van der Waals surface area (Å²) < 4.78 is 0.971. The first kappa shape index (κ1) is 19.2. The molecule has 29 heavy (non-hydrogen) atoms. The van der Waals surface area contributed by atoms with Gasteiger partial charge < -0.3 is 10.3 Å². The van der Waals surface area contributed by atoms with Crippen molar-refractivity contribution in [2.45, 2.75) is 23.1 Å². The first-order valence-corrected chi connectivity index (χ1v) is 10.4. The topological polar surface area (TPSA) is 101 Å². The van der Waals surface area contributed by atoms with E-state index in [2.05, 4.69) is 15.3 Å². The van der Waals surface area contributed by atoms with Crippen molar-refractivity contribution in [3.63, 3.8) is 0 Å². The number of aromatic amines is 1. The molecule has 7 nitrogen and oxygen atoms in total. The van der Waals surface area contributed by atoms with Gasteiger partial charge in [0.1, 0.15) is 0 Å². The summed E-state index contributed by atoms with van der Waals surface area (Å²) in [4.78, 5) is 31.8. The smallest absolute Gasteiger partial charge is 0.270 e. The first-order valence-electron chi connectivity index (χ1n) is 8.68. The van der Waals surface area contributed by atoms with Crippen LogP contribution in [0.1, 0.15) is 21.6 Å². The molecule has 0 fully saturated rings. The van der Waals surface area contributed by atoms with Gasteiger partial charge in [0.15, 0.2) is 4.34 Å². The Kier molecular flexibility index (Phi) is 5.08. The monoisotopic (exact) mass is 424 g/mol. The average molecular weight is 425 g/mol. The lowest BCUT2D eigenvalue weighted by molar-refractivity contribution is -0.384. The number of aryl methyl sites for hydroxylation is 2. The second-order valence-electron chi connectivity index (χ2n) is 6.48. The third-order valence-corrected chi connectivity index (χ3v) is 6.42. The van der Waals surface area contributed by atoms with Crippen LogP contribution in [0.5, 0.6) is 0 Å². The van der Waals surface area contributed by atoms with E-state index in [9.17, 15) is 14.9 Å². The summed E-state index contributed by atoms with van der Waals surface area (Å²) in [6.07, 6.45) is 1.56. The predicted octanol–water partition coefficient (Wildman–Crippen LogP) is 5.55. The maximum atomic E-state index is 12.8. The molecule has 0 aliphatic carbocycles. The number of nitro groups is 1. The van der Waals surface area contributed by atoms with E-state index in [1.807, 2.05) is 37.4 Å². The van der Waals surface area contributed by atoms with Gasteiger partial charge in [-0.25, -0.2) is 4.98 Å². The quantitative estimate of drug-likeness (QED) is 0.323. The van der Waals surface area contributed by atoms with Crippen molar-refractivity contribution >= 4 is 51.3 Å². The van der Waals surface area contributed by atoms with Crippen LogP contribution in [0.15, 0.2) is 57.2 Å². The van der Waals surface area contributed by atoms with Crippen LogP contribution in [-0.4, -0.2) is 20.8 Å². The van der Waals surface area contributed by atoms with Crippen LogP contribution >= 0.6 is 23.1 Å². The number of rotatable bonds is 5. The van der Waals surface area contributed by atoms with E-state index in [0.29, 0.717) is 22.2 Å². The molecule has 0 bridgehead atoms. The number of nitro benzene ring substituents is 1. The van der Waals surface area contributed by atoms with Crippen molar-refractivity contribution < 1.29 is 9.72 Å². The number of amides is 1. The number of anilines is 1. The lowest BCUT2D eigenvalue weighted by Gasteiger charge is -2.09. The van der Waals surface area contributed by atoms with Gasteiger partial charge >= 0.3 is 0 Å². The minimum absolute atomic E-state index is 0.0545. The molecule has 0 saturated heterocycles. The van der Waals surface area contributed by atoms with Crippen molar-refractivity contribution in [3.05, 3.63) is 74.9 Å². The Labute approximate surface area is 174 Å². The lowest BCUT2D eigenvalue weighted by atomic mass is 10.1. The van der Waals surface area contributed by atoms with Crippen LogP contribution < -0.4 is 5.32 Å². The molecular weight excluding hydrogens is 408 g/mol. The molecule has 0 unspecified atom stereocenters. The number of non-ortho nitro benzene ring substituents is 1. The summed E-state index contributed by atoms with van der Waals surface area (Å²) in [6, 6.07) is 10.2. The van der Waals surface area contributed by atoms with Gasteiger partial charge in [-0.15, -0.1) is 11.3 Å². The Morgan fingerprint density at radius 1 is 1.24 bits per heavy atom. The highest BCUT2D eigenvalue weighted by molar-refractivity contribution is 8.01. The van der Waals surface area contributed by atoms with Crippen LogP contribution in [0.4, 0.5) is 11.4 Å². The summed E-state index contributed by atoms with van der Waals surface area (Å²) in [5.74, 6) is -0.323. The number of hydrogen-bond acceptors (Lipinski definition) is 6. The zero-order valence-corrected chi connectivity index (χ0v) is 17.2. The van der Waals surface area contributed by atoms with Crippen LogP contribution in [0.25, 0.3) is 10.9 Å². The molecule has 2 heterocycles. The van der Waals surface area contributed by atoms with Gasteiger partial charge in [-0.2, -0.15) is 0 Å². The van der Waals surface area contributed by atoms with E-state index in [1.54, 1.807) is 35.4 Å². The zero-order chi connectivity index (χ0) is 20.5. The van der Waals surface area contributed by atoms with Crippen molar-refractivity contribution in [3.8, 4) is 0 Å². The van der Waals surface area contributed by atoms with Gasteiger partial charge in [-0.1, -0.05) is 11.8 Å². The van der Waals surface area contributed by atoms with Gasteiger partial charge in [0, 0.05) is 50.9 Å². The zero-order valence-electron chi connectivity index (χ0n) is 15.6. The second-order valence-corrected chi connectivity index (χ2v) is 8.66. The SMILES string of the molecule is Cc1csc(Sc2ccc(NC(=O)c3c[nH]c4ccc([N+](=O)[O-])cc34)c(C)c2)n1. The molecule has 0 aliphatic heterocycles. The highest BCUT2D eigenvalue weighted by Gasteiger charge is 2.16. The number of H-pyrrole nitrogens is 1. The number of nitrogens with one attached hydrogen (secondary N) is 2. The largest absolute Gasteiger partial charge is 0.360 e. The number of carbonyl (C=O) groups excluding carboxylic acids is 1. The van der Waals surface area contributed by atoms with Crippen LogP contribution in [0, 0.1) is 24.0 Å². The number of nitrogens with zero attached hydrogens (tertiary/aromatic N) is 2. The van der Waals surface area contributed by atoms with E-state index >= 15 is 0 Å². The Hall–Kier alpha value is -3.17. The van der Waals surface area contributed by atoms with E-state index in [1.165, 1.54) is 12.1 Å². The first-order chi connectivity index (χ1) is 13.9. The van der Waals surface area contributed by atoms with Crippen LogP contribution in [0.3, 0.4) is 0 Å². The van der Waals surface area contributed by atoms with Crippen LogP contribution in [-0.2, 0) is 0 Å². The Bertz CT molecular complexity index is 1250. The van der Waals surface area contributed by atoms with Gasteiger partial charge in [-0.3, -0.25) is 14.9 Å². The molecule has 4 rings (SSSR count). The predicted molar refractivity (Wildman–Crippen MR) is 115 cm³/mol. The minimum atomic E-state index is -0.474. The summed E-state index contributed by atoms with van der Waals surface area (Å²) in [6.45, 7) is 3.89. The summed E-state index contributed by atoms with van der Waals surface area (Å²) in [5.41, 5.74) is 3.58. The van der Waals surface area contributed by atoms with E-state index in [4.69, 9.17) is 0 Å². The van der Waals surface area contributed by atoms with Gasteiger partial charge in [-0.05, 0) is 43.7 Å². The van der Waals surface area contributed by atoms with Crippen molar-refractivity contribution in [1.82, 2.24) is 9.97 Å². The van der Waals surface area contributed by atoms with Crippen LogP contribution in [0.2, 0.25) is 0 Å². The number of hydrogen-bond donors (Lipinski definition) is 2. The molecule has 2 aromatic heterocycles. The van der Waals surface area contributed by atoms with Crippen molar-refractivity contribution in [2.75, 3.05) is 5.32 Å². The molecule has 0 spiro atoms. The highest BCUT2D eigenvalue weighted by Crippen LogP contribution is 2.32. The fraction of sp³-hybridized carbons (Fsp3) is 0.100. The summed E-state index contributed by atoms with van der Waals surface area (Å²) in [7, 11) is 0. The Morgan fingerprint density at radius 2 is 2.07 bits per heavy atom. The summed E-state index contributed by atoms with van der Waals surface area (Å²) in [5, 5.41) is 16.5. The number of fused-ring (bicyclic) bond motifs is 1. The van der Waals surface area contributed by atoms with E-state index < -0.39 is 4.92 Å². The molecular formula is C20H16N4O3S2. The van der Waals surface area contributed by atoms with Crippen molar-refractivity contribution in [2.24, 2.45) is 0 Å². The molecule has 0 saturated carbocycles. The maximum Gasteiger partial charge on any atom is 0.270 e. The van der Waals surface area contributed by atoms with E-state index in [-0.39, 0.29) is 11.6 Å². The van der Waals surface area contributed by atoms with Gasteiger partial charge in [0.25, 0.3) is 11.6 Å². The molecule has 0 radical (unpaired) electrons. The number of carbonyl (C=O) groups is 1. The van der Waals surface area contributed by atoms with E-state index in [0.717, 1.165) is 20.5 Å². The number of thiazole rings is 1. The maximum absolute atomic E-state index is 12.8. The highest BCUT2D eigenvalue weighted by atomic mass is 32.2. The molecule has 2 aromatic carbocycles. The molecule has 0 atom stereocenters. The third-order valence-electron chi connectivity index (χ3n) is 4.37. The Balaban J connectivity index is 1.56. The van der Waals surface area contributed by atoms with Crippen molar-refractivity contribution in [1.29, 1.82) is 0 Å². The summed E-state index contributed by atoms with van der Waals surface area (Å²) >= 11 is 3.18. The third kappa shape index (κ3) is 4.01. The lowest BCUT2D eigenvalue weighted by Crippen LogP contribution is -2.12. The fourth-order valence-electron chi connectivity index (χ4n) is 2.92. The van der Waals surface area contributed by atoms with Gasteiger partial charge in [0.2, 0.25) is 0 Å². The number of benzene rings is 2. The normalized spacial score (nSPS) is 11.0. The minimum Gasteiger partial charge on any atom is -0.360 e. The average Bonchev–Trinajstić information content (AvgIpc) is 3.29. The standard InChI is InChI=1S/C20H16N4O3S2/c1-11-7-14(29-20-22-12(2)10-28-20)4-6-17(11)23-19(25)16-9-21-18-5-3-13(24(26)27)8-15(16)18/h3-10,21H,1-2H3,(H,23,25). The molecule has 0 aliphatic rings. The molecule has 2 N–H and O–H groups in total. The molecule has 1 amide bonds. The van der Waals surface area contributed by atoms with Gasteiger partial charge in [0.05, 0.1) is 10.5 Å². The Morgan fingerprint density at radius 3 is 2.76 bits per heavy atom. The molecule has 4 aromatic rings. The fourth-order valence-corrected chi connectivity index (χ4v) is 4.83. The molecule has 9 heteroatoms. The second kappa shape index (κ2) is 7.69. The number of aromatic nitrogens is 2. The molecule has 146 valence electrons.